The Morgan fingerprint density at radius 2 is 1.10 bits per heavy atom. The SMILES string of the molecule is Cc1ccc(C)c(N)c1.c1ccc(-c2ccccc2)cc1. The maximum absolute atomic E-state index is 5.62. The van der Waals surface area contributed by atoms with Gasteiger partial charge in [0.25, 0.3) is 0 Å². The van der Waals surface area contributed by atoms with Crippen LogP contribution in [0.3, 0.4) is 0 Å². The molecule has 3 rings (SSSR count). The van der Waals surface area contributed by atoms with Gasteiger partial charge in [-0.1, -0.05) is 72.8 Å². The molecule has 21 heavy (non-hydrogen) atoms. The van der Waals surface area contributed by atoms with E-state index in [4.69, 9.17) is 5.73 Å². The lowest BCUT2D eigenvalue weighted by molar-refractivity contribution is 1.40. The molecular weight excluding hydrogens is 254 g/mol. The van der Waals surface area contributed by atoms with Crippen LogP contribution < -0.4 is 5.73 Å². The third-order valence-corrected chi connectivity index (χ3v) is 3.32. The third-order valence-electron chi connectivity index (χ3n) is 3.32. The number of aryl methyl sites for hydroxylation is 2. The monoisotopic (exact) mass is 275 g/mol. The number of nitrogen functional groups attached to an aromatic ring is 1. The van der Waals surface area contributed by atoms with E-state index in [0.717, 1.165) is 11.3 Å². The highest BCUT2D eigenvalue weighted by atomic mass is 14.5. The van der Waals surface area contributed by atoms with Crippen molar-refractivity contribution in [3.05, 3.63) is 90.0 Å². The average molecular weight is 275 g/mol. The molecule has 3 aromatic carbocycles. The van der Waals surface area contributed by atoms with Crippen LogP contribution in [0.4, 0.5) is 5.69 Å². The summed E-state index contributed by atoms with van der Waals surface area (Å²) in [5.74, 6) is 0. The van der Waals surface area contributed by atoms with E-state index in [1.54, 1.807) is 0 Å². The van der Waals surface area contributed by atoms with E-state index in [1.165, 1.54) is 16.7 Å². The molecule has 0 aromatic heterocycles. The van der Waals surface area contributed by atoms with Gasteiger partial charge >= 0.3 is 0 Å². The van der Waals surface area contributed by atoms with E-state index in [9.17, 15) is 0 Å². The second-order valence-electron chi connectivity index (χ2n) is 5.09. The van der Waals surface area contributed by atoms with Crippen LogP contribution in [0.2, 0.25) is 0 Å². The molecule has 0 bridgehead atoms. The molecule has 0 aliphatic rings. The number of hydrogen-bond donors (Lipinski definition) is 1. The summed E-state index contributed by atoms with van der Waals surface area (Å²) in [6, 6.07) is 26.9. The lowest BCUT2D eigenvalue weighted by atomic mass is 10.1. The lowest BCUT2D eigenvalue weighted by Gasteiger charge is -1.98. The van der Waals surface area contributed by atoms with E-state index in [0.29, 0.717) is 0 Å². The van der Waals surface area contributed by atoms with E-state index in [-0.39, 0.29) is 0 Å². The summed E-state index contributed by atoms with van der Waals surface area (Å²) in [6.45, 7) is 4.05. The minimum Gasteiger partial charge on any atom is -0.399 e. The molecule has 0 saturated heterocycles. The van der Waals surface area contributed by atoms with Crippen LogP contribution in [-0.2, 0) is 0 Å². The summed E-state index contributed by atoms with van der Waals surface area (Å²) in [6.07, 6.45) is 0. The fraction of sp³-hybridized carbons (Fsp3) is 0.100. The minimum atomic E-state index is 0.884. The quantitative estimate of drug-likeness (QED) is 0.604. The second-order valence-corrected chi connectivity index (χ2v) is 5.09. The van der Waals surface area contributed by atoms with Crippen LogP contribution in [0.5, 0.6) is 0 Å². The third kappa shape index (κ3) is 4.50. The Balaban J connectivity index is 0.000000161. The first kappa shape index (κ1) is 14.9. The van der Waals surface area contributed by atoms with Gasteiger partial charge in [0.05, 0.1) is 0 Å². The second kappa shape index (κ2) is 7.30. The molecule has 0 heterocycles. The fourth-order valence-electron chi connectivity index (χ4n) is 2.02. The van der Waals surface area contributed by atoms with Gasteiger partial charge < -0.3 is 5.73 Å². The fourth-order valence-corrected chi connectivity index (χ4v) is 2.02. The normalized spacial score (nSPS) is 9.62. The predicted molar refractivity (Wildman–Crippen MR) is 92.2 cm³/mol. The predicted octanol–water partition coefficient (Wildman–Crippen LogP) is 5.24. The van der Waals surface area contributed by atoms with Crippen molar-refractivity contribution in [2.45, 2.75) is 13.8 Å². The molecule has 1 heteroatoms. The van der Waals surface area contributed by atoms with Crippen molar-refractivity contribution in [1.29, 1.82) is 0 Å². The molecule has 0 aliphatic heterocycles. The van der Waals surface area contributed by atoms with Crippen LogP contribution in [0.25, 0.3) is 11.1 Å². The highest BCUT2D eigenvalue weighted by Gasteiger charge is 1.92. The molecule has 0 amide bonds. The Morgan fingerprint density at radius 1 is 0.619 bits per heavy atom. The standard InChI is InChI=1S/C12H10.C8H11N/c1-3-7-11(8-4-1)12-9-5-2-6-10-12;1-6-3-4-7(2)8(9)5-6/h1-10H;3-5H,9H2,1-2H3. The summed E-state index contributed by atoms with van der Waals surface area (Å²) in [5, 5.41) is 0. The Morgan fingerprint density at radius 3 is 1.48 bits per heavy atom. The Bertz CT molecular complexity index is 635. The van der Waals surface area contributed by atoms with Crippen LogP contribution >= 0.6 is 0 Å². The maximum atomic E-state index is 5.62. The Kier molecular flexibility index (Phi) is 5.16. The Labute approximate surface area is 127 Å². The topological polar surface area (TPSA) is 26.0 Å². The van der Waals surface area contributed by atoms with E-state index >= 15 is 0 Å². The van der Waals surface area contributed by atoms with E-state index in [2.05, 4.69) is 54.6 Å². The highest BCUT2D eigenvalue weighted by Crippen LogP contribution is 2.17. The molecule has 0 atom stereocenters. The van der Waals surface area contributed by atoms with Crippen LogP contribution in [0, 0.1) is 13.8 Å². The molecule has 0 aliphatic carbocycles. The molecule has 106 valence electrons. The number of nitrogens with two attached hydrogens (primary N) is 1. The van der Waals surface area contributed by atoms with Crippen molar-refractivity contribution in [1.82, 2.24) is 0 Å². The van der Waals surface area contributed by atoms with Gasteiger partial charge in [0.2, 0.25) is 0 Å². The number of benzene rings is 3. The summed E-state index contributed by atoms with van der Waals surface area (Å²) >= 11 is 0. The zero-order chi connectivity index (χ0) is 15.1. The first-order valence-electron chi connectivity index (χ1n) is 7.10. The molecule has 2 N–H and O–H groups in total. The van der Waals surface area contributed by atoms with Crippen LogP contribution in [0.1, 0.15) is 11.1 Å². The van der Waals surface area contributed by atoms with Crippen molar-refractivity contribution in [3.8, 4) is 11.1 Å². The first-order chi connectivity index (χ1) is 10.2. The molecule has 0 unspecified atom stereocenters. The number of hydrogen-bond acceptors (Lipinski definition) is 1. The first-order valence-corrected chi connectivity index (χ1v) is 7.10. The van der Waals surface area contributed by atoms with Crippen molar-refractivity contribution < 1.29 is 0 Å². The van der Waals surface area contributed by atoms with E-state index < -0.39 is 0 Å². The molecule has 0 saturated carbocycles. The largest absolute Gasteiger partial charge is 0.399 e. The van der Waals surface area contributed by atoms with Gasteiger partial charge in [0.1, 0.15) is 0 Å². The van der Waals surface area contributed by atoms with Crippen molar-refractivity contribution in [3.63, 3.8) is 0 Å². The van der Waals surface area contributed by atoms with Gasteiger partial charge in [-0.05, 0) is 42.2 Å². The van der Waals surface area contributed by atoms with Crippen molar-refractivity contribution >= 4 is 5.69 Å². The molecule has 3 aromatic rings. The summed E-state index contributed by atoms with van der Waals surface area (Å²) in [7, 11) is 0. The molecular formula is C20H21N. The Hall–Kier alpha value is -2.54. The zero-order valence-corrected chi connectivity index (χ0v) is 12.6. The maximum Gasteiger partial charge on any atom is 0.0346 e. The van der Waals surface area contributed by atoms with Gasteiger partial charge in [-0.3, -0.25) is 0 Å². The van der Waals surface area contributed by atoms with E-state index in [1.807, 2.05) is 38.1 Å². The molecule has 0 fully saturated rings. The van der Waals surface area contributed by atoms with Crippen LogP contribution in [0.15, 0.2) is 78.9 Å². The van der Waals surface area contributed by atoms with Crippen molar-refractivity contribution in [2.75, 3.05) is 5.73 Å². The van der Waals surface area contributed by atoms with Gasteiger partial charge in [-0.25, -0.2) is 0 Å². The smallest absolute Gasteiger partial charge is 0.0346 e. The van der Waals surface area contributed by atoms with Crippen molar-refractivity contribution in [2.24, 2.45) is 0 Å². The van der Waals surface area contributed by atoms with Crippen LogP contribution in [-0.4, -0.2) is 0 Å². The highest BCUT2D eigenvalue weighted by molar-refractivity contribution is 5.62. The number of rotatable bonds is 1. The molecule has 0 spiro atoms. The lowest BCUT2D eigenvalue weighted by Crippen LogP contribution is -1.88. The van der Waals surface area contributed by atoms with Gasteiger partial charge in [0, 0.05) is 5.69 Å². The summed E-state index contributed by atoms with van der Waals surface area (Å²) in [5.41, 5.74) is 11.4. The van der Waals surface area contributed by atoms with Gasteiger partial charge in [-0.15, -0.1) is 0 Å². The van der Waals surface area contributed by atoms with Gasteiger partial charge in [-0.2, -0.15) is 0 Å². The number of anilines is 1. The van der Waals surface area contributed by atoms with Gasteiger partial charge in [0.15, 0.2) is 0 Å². The molecule has 1 nitrogen and oxygen atoms in total. The average Bonchev–Trinajstić information content (AvgIpc) is 2.54. The summed E-state index contributed by atoms with van der Waals surface area (Å²) in [4.78, 5) is 0. The zero-order valence-electron chi connectivity index (χ0n) is 12.6. The minimum absolute atomic E-state index is 0.884. The molecule has 0 radical (unpaired) electrons. The summed E-state index contributed by atoms with van der Waals surface area (Å²) < 4.78 is 0.